The maximum Gasteiger partial charge on any atom is 0.255 e. The molecule has 0 atom stereocenters. The van der Waals surface area contributed by atoms with Crippen LogP contribution in [0.2, 0.25) is 0 Å². The van der Waals surface area contributed by atoms with Gasteiger partial charge in [-0.15, -0.1) is 0 Å². The quantitative estimate of drug-likeness (QED) is 0.924. The number of rotatable bonds is 2. The third-order valence-corrected chi connectivity index (χ3v) is 5.25. The maximum atomic E-state index is 12.8. The third kappa shape index (κ3) is 2.12. The summed E-state index contributed by atoms with van der Waals surface area (Å²) in [6.45, 7) is 0. The van der Waals surface area contributed by atoms with Crippen LogP contribution in [0.25, 0.3) is 0 Å². The molecule has 2 heterocycles. The van der Waals surface area contributed by atoms with E-state index in [2.05, 4.69) is 10.3 Å². The number of hydrogen-bond acceptors (Lipinski definition) is 3. The largest absolute Gasteiger partial charge is 0.322 e. The van der Waals surface area contributed by atoms with Crippen molar-refractivity contribution in [1.29, 1.82) is 0 Å². The molecule has 2 aromatic rings. The Hall–Kier alpha value is -2.69. The van der Waals surface area contributed by atoms with E-state index < -0.39 is 0 Å². The third-order valence-electron chi connectivity index (χ3n) is 5.25. The Morgan fingerprint density at radius 1 is 1.17 bits per heavy atom. The van der Waals surface area contributed by atoms with Gasteiger partial charge in [-0.2, -0.15) is 0 Å². The van der Waals surface area contributed by atoms with Crippen LogP contribution in [0.1, 0.15) is 41.6 Å². The summed E-state index contributed by atoms with van der Waals surface area (Å²) in [5.74, 6) is 0.00696. The molecule has 5 heteroatoms. The second-order valence-electron chi connectivity index (χ2n) is 6.58. The molecule has 122 valence electrons. The van der Waals surface area contributed by atoms with E-state index in [0.29, 0.717) is 11.3 Å². The van der Waals surface area contributed by atoms with Crippen molar-refractivity contribution < 1.29 is 9.59 Å². The lowest BCUT2D eigenvalue weighted by molar-refractivity contribution is -0.122. The molecule has 24 heavy (non-hydrogen) atoms. The Labute approximate surface area is 140 Å². The van der Waals surface area contributed by atoms with Gasteiger partial charge in [0.05, 0.1) is 5.41 Å². The fourth-order valence-corrected chi connectivity index (χ4v) is 4.01. The number of carbonyl (C=O) groups excluding carboxylic acids is 2. The summed E-state index contributed by atoms with van der Waals surface area (Å²) in [6, 6.07) is 9.14. The topological polar surface area (TPSA) is 62.3 Å². The van der Waals surface area contributed by atoms with Gasteiger partial charge in [-0.3, -0.25) is 14.6 Å². The number of pyridine rings is 1. The predicted molar refractivity (Wildman–Crippen MR) is 92.2 cm³/mol. The van der Waals surface area contributed by atoms with E-state index >= 15 is 0 Å². The number of nitrogens with zero attached hydrogens (tertiary/aromatic N) is 2. The number of aromatic nitrogens is 1. The highest BCUT2D eigenvalue weighted by Crippen LogP contribution is 2.51. The van der Waals surface area contributed by atoms with Crippen LogP contribution >= 0.6 is 0 Å². The number of likely N-dealkylation sites (N-methyl/N-ethyl adjacent to an activating group) is 1. The van der Waals surface area contributed by atoms with Crippen molar-refractivity contribution in [1.82, 2.24) is 4.98 Å². The highest BCUT2D eigenvalue weighted by Gasteiger charge is 2.50. The van der Waals surface area contributed by atoms with E-state index in [1.165, 1.54) is 0 Å². The average molecular weight is 321 g/mol. The first-order valence-electron chi connectivity index (χ1n) is 8.26. The fourth-order valence-electron chi connectivity index (χ4n) is 4.01. The number of fused-ring (bicyclic) bond motifs is 2. The van der Waals surface area contributed by atoms with Crippen molar-refractivity contribution in [3.63, 3.8) is 0 Å². The second-order valence-corrected chi connectivity index (χ2v) is 6.58. The van der Waals surface area contributed by atoms with E-state index in [0.717, 1.165) is 36.9 Å². The Bertz CT molecular complexity index is 811. The zero-order chi connectivity index (χ0) is 16.7. The van der Waals surface area contributed by atoms with Crippen molar-refractivity contribution in [3.05, 3.63) is 53.9 Å². The molecule has 0 unspecified atom stereocenters. The first-order valence-corrected chi connectivity index (χ1v) is 8.26. The number of anilines is 2. The molecule has 2 amide bonds. The molecule has 4 rings (SSSR count). The van der Waals surface area contributed by atoms with Gasteiger partial charge in [-0.05, 0) is 42.7 Å². The van der Waals surface area contributed by atoms with E-state index in [1.54, 1.807) is 29.4 Å². The summed E-state index contributed by atoms with van der Waals surface area (Å²) in [5, 5.41) is 2.90. The van der Waals surface area contributed by atoms with Gasteiger partial charge in [-0.25, -0.2) is 0 Å². The molecule has 2 aliphatic rings. The van der Waals surface area contributed by atoms with Crippen LogP contribution in [0.3, 0.4) is 0 Å². The van der Waals surface area contributed by atoms with Gasteiger partial charge in [0, 0.05) is 36.4 Å². The van der Waals surface area contributed by atoms with E-state index in [1.807, 2.05) is 25.2 Å². The van der Waals surface area contributed by atoms with Gasteiger partial charge in [0.1, 0.15) is 0 Å². The van der Waals surface area contributed by atoms with Gasteiger partial charge < -0.3 is 10.2 Å². The Balaban J connectivity index is 1.65. The Morgan fingerprint density at radius 3 is 2.58 bits per heavy atom. The first-order chi connectivity index (χ1) is 11.6. The van der Waals surface area contributed by atoms with Crippen molar-refractivity contribution >= 4 is 23.2 Å². The number of carbonyl (C=O) groups is 2. The summed E-state index contributed by atoms with van der Waals surface area (Å²) in [7, 11) is 1.82. The van der Waals surface area contributed by atoms with E-state index in [9.17, 15) is 9.59 Å². The number of benzene rings is 1. The molecule has 1 aliphatic carbocycles. The maximum absolute atomic E-state index is 12.8. The molecule has 0 bridgehead atoms. The highest BCUT2D eigenvalue weighted by atomic mass is 16.2. The van der Waals surface area contributed by atoms with Gasteiger partial charge in [0.15, 0.2) is 0 Å². The van der Waals surface area contributed by atoms with Gasteiger partial charge >= 0.3 is 0 Å². The van der Waals surface area contributed by atoms with Gasteiger partial charge in [-0.1, -0.05) is 18.9 Å². The van der Waals surface area contributed by atoms with Gasteiger partial charge in [0.25, 0.3) is 5.91 Å². The smallest absolute Gasteiger partial charge is 0.255 e. The Kier molecular flexibility index (Phi) is 3.37. The SMILES string of the molecule is CN1C(=O)C2(CCCC2)c2ccc(NC(=O)c3ccncc3)cc21. The summed E-state index contributed by atoms with van der Waals surface area (Å²) in [6.07, 6.45) is 7.22. The molecular formula is C19H19N3O2. The molecule has 1 N–H and O–H groups in total. The highest BCUT2D eigenvalue weighted by molar-refractivity contribution is 6.09. The molecule has 1 aromatic heterocycles. The van der Waals surface area contributed by atoms with Crippen molar-refractivity contribution in [2.24, 2.45) is 0 Å². The van der Waals surface area contributed by atoms with Crippen LogP contribution in [0, 0.1) is 0 Å². The van der Waals surface area contributed by atoms with Crippen LogP contribution < -0.4 is 10.2 Å². The predicted octanol–water partition coefficient (Wildman–Crippen LogP) is 3.12. The minimum Gasteiger partial charge on any atom is -0.322 e. The molecule has 1 fully saturated rings. The summed E-state index contributed by atoms with van der Waals surface area (Å²) >= 11 is 0. The second kappa shape index (κ2) is 5.44. The molecule has 1 spiro atoms. The summed E-state index contributed by atoms with van der Waals surface area (Å²) in [4.78, 5) is 30.7. The van der Waals surface area contributed by atoms with Crippen molar-refractivity contribution in [2.45, 2.75) is 31.1 Å². The molecular weight excluding hydrogens is 302 g/mol. The zero-order valence-electron chi connectivity index (χ0n) is 13.6. The lowest BCUT2D eigenvalue weighted by atomic mass is 9.80. The van der Waals surface area contributed by atoms with Crippen LogP contribution in [0.5, 0.6) is 0 Å². The minimum absolute atomic E-state index is 0.181. The molecule has 1 saturated carbocycles. The lowest BCUT2D eigenvalue weighted by Gasteiger charge is -2.21. The van der Waals surface area contributed by atoms with Crippen molar-refractivity contribution in [2.75, 3.05) is 17.3 Å². The normalized spacial score (nSPS) is 18.0. The number of hydrogen-bond donors (Lipinski definition) is 1. The summed E-state index contributed by atoms with van der Waals surface area (Å²) < 4.78 is 0. The van der Waals surface area contributed by atoms with E-state index in [-0.39, 0.29) is 17.2 Å². The Morgan fingerprint density at radius 2 is 1.88 bits per heavy atom. The van der Waals surface area contributed by atoms with Crippen LogP contribution in [0.4, 0.5) is 11.4 Å². The minimum atomic E-state index is -0.336. The van der Waals surface area contributed by atoms with E-state index in [4.69, 9.17) is 0 Å². The van der Waals surface area contributed by atoms with Crippen LogP contribution in [-0.4, -0.2) is 23.8 Å². The molecule has 1 aliphatic heterocycles. The zero-order valence-corrected chi connectivity index (χ0v) is 13.6. The first kappa shape index (κ1) is 14.9. The fraction of sp³-hybridized carbons (Fsp3) is 0.316. The molecule has 0 radical (unpaired) electrons. The standard InChI is InChI=1S/C19H19N3O2/c1-22-16-12-14(21-17(23)13-6-10-20-11-7-13)4-5-15(16)19(18(22)24)8-2-3-9-19/h4-7,10-12H,2-3,8-9H2,1H3,(H,21,23). The number of amides is 2. The number of nitrogens with one attached hydrogen (secondary N) is 1. The monoisotopic (exact) mass is 321 g/mol. The van der Waals surface area contributed by atoms with Crippen LogP contribution in [0.15, 0.2) is 42.7 Å². The molecule has 5 nitrogen and oxygen atoms in total. The van der Waals surface area contributed by atoms with Crippen molar-refractivity contribution in [3.8, 4) is 0 Å². The summed E-state index contributed by atoms with van der Waals surface area (Å²) in [5.41, 5.74) is 2.94. The van der Waals surface area contributed by atoms with Crippen LogP contribution in [-0.2, 0) is 10.2 Å². The van der Waals surface area contributed by atoms with Gasteiger partial charge in [0.2, 0.25) is 5.91 Å². The lowest BCUT2D eigenvalue weighted by Crippen LogP contribution is -2.36. The molecule has 0 saturated heterocycles. The molecule has 1 aromatic carbocycles. The average Bonchev–Trinajstić information content (AvgIpc) is 3.18.